The normalized spacial score (nSPS) is 14.5. The quantitative estimate of drug-likeness (QED) is 0.743. The fraction of sp³-hybridized carbons (Fsp3) is 0.333. The number of rotatable bonds is 4. The SMILES string of the molecule is C=C[C@@H](C)[C@@H](O)c1ccc(OC)cc1. The summed E-state index contributed by atoms with van der Waals surface area (Å²) in [5, 5.41) is 9.84. The lowest BCUT2D eigenvalue weighted by Crippen LogP contribution is -2.06. The lowest BCUT2D eigenvalue weighted by Gasteiger charge is -2.15. The molecule has 0 spiro atoms. The van der Waals surface area contributed by atoms with Gasteiger partial charge in [-0.25, -0.2) is 0 Å². The first-order valence-corrected chi connectivity index (χ1v) is 4.63. The van der Waals surface area contributed by atoms with Crippen LogP contribution >= 0.6 is 0 Å². The van der Waals surface area contributed by atoms with E-state index in [4.69, 9.17) is 4.74 Å². The fourth-order valence-electron chi connectivity index (χ4n) is 1.23. The standard InChI is InChI=1S/C12H16O2/c1-4-9(2)12(13)10-5-7-11(14-3)8-6-10/h4-9,12-13H,1H2,2-3H3/t9-,12-/m1/s1. The van der Waals surface area contributed by atoms with Crippen LogP contribution in [0.25, 0.3) is 0 Å². The molecule has 14 heavy (non-hydrogen) atoms. The first kappa shape index (κ1) is 10.8. The number of methoxy groups -OCH3 is 1. The van der Waals surface area contributed by atoms with Crippen LogP contribution in [0.5, 0.6) is 5.75 Å². The van der Waals surface area contributed by atoms with Crippen LogP contribution in [0.4, 0.5) is 0 Å². The Morgan fingerprint density at radius 2 is 1.93 bits per heavy atom. The summed E-state index contributed by atoms with van der Waals surface area (Å²) < 4.78 is 5.03. The second kappa shape index (κ2) is 4.82. The smallest absolute Gasteiger partial charge is 0.118 e. The summed E-state index contributed by atoms with van der Waals surface area (Å²) >= 11 is 0. The summed E-state index contributed by atoms with van der Waals surface area (Å²) in [4.78, 5) is 0. The maximum Gasteiger partial charge on any atom is 0.118 e. The zero-order valence-corrected chi connectivity index (χ0v) is 8.60. The van der Waals surface area contributed by atoms with E-state index in [-0.39, 0.29) is 5.92 Å². The van der Waals surface area contributed by atoms with Gasteiger partial charge in [-0.05, 0) is 17.7 Å². The number of aliphatic hydroxyl groups is 1. The molecule has 0 aliphatic heterocycles. The topological polar surface area (TPSA) is 29.5 Å². The van der Waals surface area contributed by atoms with Gasteiger partial charge in [-0.15, -0.1) is 6.58 Å². The third-order valence-electron chi connectivity index (χ3n) is 2.33. The van der Waals surface area contributed by atoms with Gasteiger partial charge >= 0.3 is 0 Å². The van der Waals surface area contributed by atoms with Crippen LogP contribution in [-0.2, 0) is 0 Å². The third-order valence-corrected chi connectivity index (χ3v) is 2.33. The van der Waals surface area contributed by atoms with Gasteiger partial charge < -0.3 is 9.84 Å². The molecule has 2 atom stereocenters. The van der Waals surface area contributed by atoms with E-state index in [1.165, 1.54) is 0 Å². The first-order chi connectivity index (χ1) is 6.69. The Morgan fingerprint density at radius 3 is 2.36 bits per heavy atom. The average Bonchev–Trinajstić information content (AvgIpc) is 2.27. The van der Waals surface area contributed by atoms with Gasteiger partial charge in [0.15, 0.2) is 0 Å². The highest BCUT2D eigenvalue weighted by Crippen LogP contribution is 2.24. The van der Waals surface area contributed by atoms with Crippen molar-refractivity contribution in [2.75, 3.05) is 7.11 Å². The van der Waals surface area contributed by atoms with Gasteiger partial charge in [0.1, 0.15) is 5.75 Å². The molecule has 1 aromatic rings. The van der Waals surface area contributed by atoms with E-state index in [0.29, 0.717) is 0 Å². The number of aliphatic hydroxyl groups excluding tert-OH is 1. The van der Waals surface area contributed by atoms with E-state index >= 15 is 0 Å². The molecule has 76 valence electrons. The summed E-state index contributed by atoms with van der Waals surface area (Å²) in [5.41, 5.74) is 0.887. The molecular weight excluding hydrogens is 176 g/mol. The van der Waals surface area contributed by atoms with Gasteiger partial charge in [0, 0.05) is 5.92 Å². The molecule has 0 aliphatic rings. The van der Waals surface area contributed by atoms with Crippen LogP contribution in [0, 0.1) is 5.92 Å². The van der Waals surface area contributed by atoms with Crippen molar-refractivity contribution in [3.8, 4) is 5.75 Å². The highest BCUT2D eigenvalue weighted by Gasteiger charge is 2.12. The van der Waals surface area contributed by atoms with Crippen LogP contribution < -0.4 is 4.74 Å². The molecule has 1 N–H and O–H groups in total. The molecule has 2 nitrogen and oxygen atoms in total. The van der Waals surface area contributed by atoms with Crippen LogP contribution in [0.3, 0.4) is 0 Å². The Hall–Kier alpha value is -1.28. The van der Waals surface area contributed by atoms with Gasteiger partial charge in [-0.3, -0.25) is 0 Å². The molecular formula is C12H16O2. The summed E-state index contributed by atoms with van der Waals surface area (Å²) in [5.74, 6) is 0.857. The number of hydrogen-bond acceptors (Lipinski definition) is 2. The number of benzene rings is 1. The van der Waals surface area contributed by atoms with Crippen LogP contribution in [-0.4, -0.2) is 12.2 Å². The molecule has 2 heteroatoms. The third kappa shape index (κ3) is 2.36. The second-order valence-electron chi connectivity index (χ2n) is 3.31. The van der Waals surface area contributed by atoms with Crippen molar-refractivity contribution in [3.05, 3.63) is 42.5 Å². The van der Waals surface area contributed by atoms with E-state index in [2.05, 4.69) is 6.58 Å². The van der Waals surface area contributed by atoms with Gasteiger partial charge in [0.05, 0.1) is 13.2 Å². The molecule has 0 saturated carbocycles. The van der Waals surface area contributed by atoms with E-state index in [1.54, 1.807) is 13.2 Å². The maximum absolute atomic E-state index is 9.84. The van der Waals surface area contributed by atoms with Crippen LogP contribution in [0.2, 0.25) is 0 Å². The van der Waals surface area contributed by atoms with Crippen LogP contribution in [0.1, 0.15) is 18.6 Å². The summed E-state index contributed by atoms with van der Waals surface area (Å²) in [6.07, 6.45) is 1.26. The maximum atomic E-state index is 9.84. The molecule has 0 amide bonds. The largest absolute Gasteiger partial charge is 0.497 e. The molecule has 1 aromatic carbocycles. The fourth-order valence-corrected chi connectivity index (χ4v) is 1.23. The second-order valence-corrected chi connectivity index (χ2v) is 3.31. The lowest BCUT2D eigenvalue weighted by molar-refractivity contribution is 0.140. The summed E-state index contributed by atoms with van der Waals surface area (Å²) in [6, 6.07) is 7.41. The Balaban J connectivity index is 2.80. The molecule has 0 fully saturated rings. The van der Waals surface area contributed by atoms with Gasteiger partial charge in [0.25, 0.3) is 0 Å². The van der Waals surface area contributed by atoms with Crippen LogP contribution in [0.15, 0.2) is 36.9 Å². The van der Waals surface area contributed by atoms with Crippen molar-refractivity contribution in [3.63, 3.8) is 0 Å². The summed E-state index contributed by atoms with van der Waals surface area (Å²) in [7, 11) is 1.62. The van der Waals surface area contributed by atoms with Crippen molar-refractivity contribution in [2.24, 2.45) is 5.92 Å². The van der Waals surface area contributed by atoms with E-state index in [0.717, 1.165) is 11.3 Å². The van der Waals surface area contributed by atoms with Gasteiger partial charge in [0.2, 0.25) is 0 Å². The molecule has 0 radical (unpaired) electrons. The number of ether oxygens (including phenoxy) is 1. The van der Waals surface area contributed by atoms with Crippen molar-refractivity contribution >= 4 is 0 Å². The Labute approximate surface area is 84.8 Å². The van der Waals surface area contributed by atoms with E-state index in [9.17, 15) is 5.11 Å². The average molecular weight is 192 g/mol. The molecule has 0 unspecified atom stereocenters. The Kier molecular flexibility index (Phi) is 3.72. The van der Waals surface area contributed by atoms with Gasteiger partial charge in [-0.1, -0.05) is 25.1 Å². The first-order valence-electron chi connectivity index (χ1n) is 4.63. The monoisotopic (exact) mass is 192 g/mol. The van der Waals surface area contributed by atoms with E-state index < -0.39 is 6.10 Å². The predicted octanol–water partition coefficient (Wildman–Crippen LogP) is 2.55. The highest BCUT2D eigenvalue weighted by molar-refractivity contribution is 5.28. The number of hydrogen-bond donors (Lipinski definition) is 1. The molecule has 0 aromatic heterocycles. The van der Waals surface area contributed by atoms with Gasteiger partial charge in [-0.2, -0.15) is 0 Å². The molecule has 1 rings (SSSR count). The van der Waals surface area contributed by atoms with Crippen molar-refractivity contribution in [1.29, 1.82) is 0 Å². The minimum atomic E-state index is -0.488. The van der Waals surface area contributed by atoms with E-state index in [1.807, 2.05) is 31.2 Å². The van der Waals surface area contributed by atoms with Crippen molar-refractivity contribution in [2.45, 2.75) is 13.0 Å². The summed E-state index contributed by atoms with van der Waals surface area (Å²) in [6.45, 7) is 5.59. The molecule has 0 bridgehead atoms. The molecule has 0 heterocycles. The van der Waals surface area contributed by atoms with Crippen molar-refractivity contribution < 1.29 is 9.84 Å². The Morgan fingerprint density at radius 1 is 1.36 bits per heavy atom. The predicted molar refractivity (Wildman–Crippen MR) is 57.3 cm³/mol. The molecule has 0 saturated heterocycles. The molecule has 0 aliphatic carbocycles. The van der Waals surface area contributed by atoms with Crippen molar-refractivity contribution in [1.82, 2.24) is 0 Å². The minimum Gasteiger partial charge on any atom is -0.497 e. The zero-order chi connectivity index (χ0) is 10.6. The Bertz CT molecular complexity index is 290. The highest BCUT2D eigenvalue weighted by atomic mass is 16.5. The minimum absolute atomic E-state index is 0.0587. The zero-order valence-electron chi connectivity index (χ0n) is 8.60. The lowest BCUT2D eigenvalue weighted by atomic mass is 9.98.